The molecule has 2 aromatic heterocycles. The zero-order valence-electron chi connectivity index (χ0n) is 13.3. The number of nitro benzene ring substituents is 1. The standard InChI is InChI=1S/C16H11N3O6S/c1-9-17-18-16(24-9)26-14(15(20)21)8-10-6-7-13(25-10)11-4-2-3-5-12(11)19(22)23/h2-8H,1H3,(H,20,21)/b14-8-. The van der Waals surface area contributed by atoms with E-state index < -0.39 is 10.9 Å². The number of nitrogens with zero attached hydrogens (tertiary/aromatic N) is 3. The molecule has 0 atom stereocenters. The summed E-state index contributed by atoms with van der Waals surface area (Å²) in [6.45, 7) is 1.59. The summed E-state index contributed by atoms with van der Waals surface area (Å²) >= 11 is 0.779. The summed E-state index contributed by atoms with van der Waals surface area (Å²) in [4.78, 5) is 21.9. The Hall–Kier alpha value is -3.40. The first kappa shape index (κ1) is 17.4. The van der Waals surface area contributed by atoms with Crippen LogP contribution in [0.2, 0.25) is 0 Å². The van der Waals surface area contributed by atoms with Crippen molar-refractivity contribution in [2.24, 2.45) is 0 Å². The van der Waals surface area contributed by atoms with Crippen LogP contribution < -0.4 is 0 Å². The SMILES string of the molecule is Cc1nnc(S/C(=C\c2ccc(-c3ccccc3[N+](=O)[O-])o2)C(=O)O)o1. The number of rotatable bonds is 6. The van der Waals surface area contributed by atoms with Crippen LogP contribution >= 0.6 is 11.8 Å². The van der Waals surface area contributed by atoms with Gasteiger partial charge in [-0.1, -0.05) is 12.1 Å². The quantitative estimate of drug-likeness (QED) is 0.297. The molecule has 132 valence electrons. The van der Waals surface area contributed by atoms with Gasteiger partial charge in [0.1, 0.15) is 16.4 Å². The Labute approximate surface area is 150 Å². The van der Waals surface area contributed by atoms with Crippen molar-refractivity contribution in [3.63, 3.8) is 0 Å². The summed E-state index contributed by atoms with van der Waals surface area (Å²) in [5.74, 6) is -0.408. The van der Waals surface area contributed by atoms with E-state index in [2.05, 4.69) is 10.2 Å². The molecular weight excluding hydrogens is 362 g/mol. The second kappa shape index (κ2) is 7.23. The van der Waals surface area contributed by atoms with Crippen molar-refractivity contribution in [1.29, 1.82) is 0 Å². The Morgan fingerprint density at radius 3 is 2.65 bits per heavy atom. The molecule has 0 radical (unpaired) electrons. The van der Waals surface area contributed by atoms with Gasteiger partial charge in [0.05, 0.1) is 10.5 Å². The van der Waals surface area contributed by atoms with E-state index in [0.717, 1.165) is 11.8 Å². The Bertz CT molecular complexity index is 1010. The molecule has 2 heterocycles. The summed E-state index contributed by atoms with van der Waals surface area (Å²) in [6.07, 6.45) is 1.28. The Morgan fingerprint density at radius 2 is 2.00 bits per heavy atom. The van der Waals surface area contributed by atoms with Crippen LogP contribution in [0.1, 0.15) is 11.7 Å². The molecule has 0 aliphatic carbocycles. The maximum Gasteiger partial charge on any atom is 0.342 e. The van der Waals surface area contributed by atoms with Gasteiger partial charge in [-0.25, -0.2) is 4.79 Å². The van der Waals surface area contributed by atoms with E-state index in [4.69, 9.17) is 8.83 Å². The predicted molar refractivity (Wildman–Crippen MR) is 91.3 cm³/mol. The summed E-state index contributed by atoms with van der Waals surface area (Å²) in [5.41, 5.74) is 0.195. The molecule has 0 unspecified atom stereocenters. The minimum Gasteiger partial charge on any atom is -0.477 e. The van der Waals surface area contributed by atoms with E-state index in [0.29, 0.717) is 11.5 Å². The lowest BCUT2D eigenvalue weighted by atomic mass is 10.1. The van der Waals surface area contributed by atoms with Crippen LogP contribution in [0.25, 0.3) is 17.4 Å². The second-order valence-corrected chi connectivity index (χ2v) is 5.97. The van der Waals surface area contributed by atoms with Crippen LogP contribution in [0.5, 0.6) is 0 Å². The smallest absolute Gasteiger partial charge is 0.342 e. The van der Waals surface area contributed by atoms with Gasteiger partial charge in [-0.15, -0.1) is 10.2 Å². The zero-order valence-corrected chi connectivity index (χ0v) is 14.1. The van der Waals surface area contributed by atoms with Crippen LogP contribution in [0.4, 0.5) is 5.69 Å². The first-order valence-electron chi connectivity index (χ1n) is 7.20. The number of para-hydroxylation sites is 1. The number of carbonyl (C=O) groups is 1. The Morgan fingerprint density at radius 1 is 1.23 bits per heavy atom. The first-order valence-corrected chi connectivity index (χ1v) is 8.02. The van der Waals surface area contributed by atoms with E-state index in [1.165, 1.54) is 24.3 Å². The molecule has 1 aromatic carbocycles. The second-order valence-electron chi connectivity index (χ2n) is 4.98. The van der Waals surface area contributed by atoms with Gasteiger partial charge in [0.25, 0.3) is 10.9 Å². The molecule has 0 fully saturated rings. The molecule has 3 aromatic rings. The molecule has 0 saturated carbocycles. The number of aliphatic carboxylic acids is 1. The van der Waals surface area contributed by atoms with Gasteiger partial charge in [-0.2, -0.15) is 0 Å². The van der Waals surface area contributed by atoms with Gasteiger partial charge in [-0.3, -0.25) is 10.1 Å². The fourth-order valence-corrected chi connectivity index (χ4v) is 2.79. The number of nitro groups is 1. The maximum absolute atomic E-state index is 11.4. The van der Waals surface area contributed by atoms with Crippen LogP contribution in [0.3, 0.4) is 0 Å². The third-order valence-corrected chi connectivity index (χ3v) is 4.03. The largest absolute Gasteiger partial charge is 0.477 e. The average molecular weight is 373 g/mol. The minimum atomic E-state index is -1.20. The normalized spacial score (nSPS) is 11.5. The van der Waals surface area contributed by atoms with Crippen molar-refractivity contribution >= 4 is 29.5 Å². The lowest BCUT2D eigenvalue weighted by Crippen LogP contribution is -1.96. The van der Waals surface area contributed by atoms with Crippen molar-refractivity contribution in [2.45, 2.75) is 12.1 Å². The summed E-state index contributed by atoms with van der Waals surface area (Å²) in [5, 5.41) is 27.9. The van der Waals surface area contributed by atoms with Gasteiger partial charge in [0, 0.05) is 19.1 Å². The first-order chi connectivity index (χ1) is 12.4. The van der Waals surface area contributed by atoms with Gasteiger partial charge < -0.3 is 13.9 Å². The van der Waals surface area contributed by atoms with Crippen molar-refractivity contribution in [2.75, 3.05) is 0 Å². The number of aryl methyl sites for hydroxylation is 1. The van der Waals surface area contributed by atoms with Crippen LogP contribution in [0, 0.1) is 17.0 Å². The molecule has 1 N–H and O–H groups in total. The molecule has 10 heteroatoms. The number of hydrogen-bond donors (Lipinski definition) is 1. The van der Waals surface area contributed by atoms with Gasteiger partial charge in [-0.05, 0) is 30.0 Å². The molecule has 0 spiro atoms. The number of furan rings is 1. The highest BCUT2D eigenvalue weighted by Crippen LogP contribution is 2.33. The van der Waals surface area contributed by atoms with Crippen LogP contribution in [-0.2, 0) is 4.79 Å². The summed E-state index contributed by atoms with van der Waals surface area (Å²) in [6, 6.07) is 9.18. The molecule has 26 heavy (non-hydrogen) atoms. The maximum atomic E-state index is 11.4. The fourth-order valence-electron chi connectivity index (χ4n) is 2.09. The molecule has 0 aliphatic heterocycles. The third kappa shape index (κ3) is 3.81. The molecule has 0 saturated heterocycles. The zero-order chi connectivity index (χ0) is 18.7. The lowest BCUT2D eigenvalue weighted by molar-refractivity contribution is -0.384. The molecule has 0 amide bonds. The number of carboxylic acids is 1. The Kier molecular flexibility index (Phi) is 4.85. The molecule has 0 aliphatic rings. The number of aromatic nitrogens is 2. The van der Waals surface area contributed by atoms with E-state index in [1.807, 2.05) is 0 Å². The number of benzene rings is 1. The average Bonchev–Trinajstić information content (AvgIpc) is 3.23. The fraction of sp³-hybridized carbons (Fsp3) is 0.0625. The predicted octanol–water partition coefficient (Wildman–Crippen LogP) is 3.76. The minimum absolute atomic E-state index is 0.0848. The summed E-state index contributed by atoms with van der Waals surface area (Å²) < 4.78 is 10.7. The monoisotopic (exact) mass is 373 g/mol. The molecule has 0 bridgehead atoms. The number of hydrogen-bond acceptors (Lipinski definition) is 8. The summed E-state index contributed by atoms with van der Waals surface area (Å²) in [7, 11) is 0. The van der Waals surface area contributed by atoms with Gasteiger partial charge in [0.15, 0.2) is 0 Å². The van der Waals surface area contributed by atoms with Crippen molar-refractivity contribution in [1.82, 2.24) is 10.2 Å². The lowest BCUT2D eigenvalue weighted by Gasteiger charge is -1.99. The molecular formula is C16H11N3O6S. The number of carboxylic acid groups (broad SMARTS) is 1. The molecule has 9 nitrogen and oxygen atoms in total. The highest BCUT2D eigenvalue weighted by Gasteiger charge is 2.18. The van der Waals surface area contributed by atoms with Crippen molar-refractivity contribution in [3.05, 3.63) is 63.1 Å². The van der Waals surface area contributed by atoms with E-state index in [9.17, 15) is 20.0 Å². The highest BCUT2D eigenvalue weighted by atomic mass is 32.2. The van der Waals surface area contributed by atoms with Crippen molar-refractivity contribution < 1.29 is 23.7 Å². The van der Waals surface area contributed by atoms with Crippen LogP contribution in [-0.4, -0.2) is 26.2 Å². The Balaban J connectivity index is 1.92. The van der Waals surface area contributed by atoms with Crippen molar-refractivity contribution in [3.8, 4) is 11.3 Å². The van der Waals surface area contributed by atoms with E-state index in [-0.39, 0.29) is 27.3 Å². The van der Waals surface area contributed by atoms with Crippen LogP contribution in [0.15, 0.2) is 55.4 Å². The van der Waals surface area contributed by atoms with Gasteiger partial charge >= 0.3 is 5.97 Å². The van der Waals surface area contributed by atoms with E-state index >= 15 is 0 Å². The molecule has 3 rings (SSSR count). The topological polar surface area (TPSA) is 132 Å². The highest BCUT2D eigenvalue weighted by molar-refractivity contribution is 8.03. The van der Waals surface area contributed by atoms with E-state index in [1.54, 1.807) is 25.1 Å². The third-order valence-electron chi connectivity index (χ3n) is 3.18. The van der Waals surface area contributed by atoms with Gasteiger partial charge in [0.2, 0.25) is 5.89 Å². The number of thioether (sulfide) groups is 1.